The molecule has 2 rings (SSSR count). The second-order valence-electron chi connectivity index (χ2n) is 4.04. The Hall–Kier alpha value is -1.13. The molecular weight excluding hydrogens is 190 g/mol. The van der Waals surface area contributed by atoms with Gasteiger partial charge in [-0.2, -0.15) is 0 Å². The van der Waals surface area contributed by atoms with E-state index in [1.807, 2.05) is 20.0 Å². The molecule has 0 spiro atoms. The number of aryl methyl sites for hydroxylation is 1. The van der Waals surface area contributed by atoms with Crippen molar-refractivity contribution in [3.63, 3.8) is 0 Å². The van der Waals surface area contributed by atoms with E-state index in [-0.39, 0.29) is 6.61 Å². The van der Waals surface area contributed by atoms with Crippen molar-refractivity contribution in [1.29, 1.82) is 0 Å². The van der Waals surface area contributed by atoms with Crippen LogP contribution in [0.2, 0.25) is 0 Å². The summed E-state index contributed by atoms with van der Waals surface area (Å²) in [6, 6.07) is 4.55. The normalized spacial score (nSPS) is 16.6. The van der Waals surface area contributed by atoms with E-state index in [9.17, 15) is 0 Å². The topological polar surface area (TPSA) is 48.4 Å². The Balaban J connectivity index is 2.12. The van der Waals surface area contributed by atoms with Gasteiger partial charge in [-0.25, -0.2) is 4.98 Å². The summed E-state index contributed by atoms with van der Waals surface area (Å²) in [4.78, 5) is 6.61. The highest BCUT2D eigenvalue weighted by Crippen LogP contribution is 2.20. The Kier molecular flexibility index (Phi) is 2.88. The SMILES string of the molecule is CNC1CN(c2cc(C)cc(CO)n2)C1. The van der Waals surface area contributed by atoms with Gasteiger partial charge in [0.25, 0.3) is 0 Å². The highest BCUT2D eigenvalue weighted by atomic mass is 16.3. The fourth-order valence-corrected chi connectivity index (χ4v) is 1.81. The maximum absolute atomic E-state index is 9.06. The van der Waals surface area contributed by atoms with Crippen LogP contribution in [0.5, 0.6) is 0 Å². The van der Waals surface area contributed by atoms with Gasteiger partial charge in [0.15, 0.2) is 0 Å². The van der Waals surface area contributed by atoms with Gasteiger partial charge in [0.05, 0.1) is 12.3 Å². The fourth-order valence-electron chi connectivity index (χ4n) is 1.81. The summed E-state index contributed by atoms with van der Waals surface area (Å²) in [6.45, 7) is 4.04. The molecular formula is C11H17N3O. The molecule has 1 aliphatic rings. The van der Waals surface area contributed by atoms with Crippen molar-refractivity contribution in [2.45, 2.75) is 19.6 Å². The molecule has 0 saturated carbocycles. The Morgan fingerprint density at radius 1 is 1.53 bits per heavy atom. The molecule has 0 unspecified atom stereocenters. The highest BCUT2D eigenvalue weighted by molar-refractivity contribution is 5.45. The summed E-state index contributed by atoms with van der Waals surface area (Å²) in [5.74, 6) is 0.977. The zero-order valence-electron chi connectivity index (χ0n) is 9.20. The van der Waals surface area contributed by atoms with Crippen LogP contribution >= 0.6 is 0 Å². The number of nitrogens with one attached hydrogen (secondary N) is 1. The highest BCUT2D eigenvalue weighted by Gasteiger charge is 2.26. The number of hydrogen-bond acceptors (Lipinski definition) is 4. The van der Waals surface area contributed by atoms with Crippen molar-refractivity contribution in [2.24, 2.45) is 0 Å². The molecule has 1 aromatic heterocycles. The number of nitrogens with zero attached hydrogens (tertiary/aromatic N) is 2. The quantitative estimate of drug-likeness (QED) is 0.748. The zero-order valence-corrected chi connectivity index (χ0v) is 9.20. The average Bonchev–Trinajstić information content (AvgIpc) is 2.15. The van der Waals surface area contributed by atoms with E-state index in [0.717, 1.165) is 30.2 Å². The molecule has 1 aromatic rings. The minimum Gasteiger partial charge on any atom is -0.390 e. The van der Waals surface area contributed by atoms with Gasteiger partial charge in [-0.05, 0) is 31.7 Å². The van der Waals surface area contributed by atoms with Crippen LogP contribution in [0.4, 0.5) is 5.82 Å². The molecule has 0 amide bonds. The van der Waals surface area contributed by atoms with Crippen LogP contribution in [0, 0.1) is 6.92 Å². The molecule has 1 fully saturated rings. The van der Waals surface area contributed by atoms with Gasteiger partial charge in [-0.3, -0.25) is 0 Å². The first-order valence-corrected chi connectivity index (χ1v) is 5.23. The molecule has 0 atom stereocenters. The van der Waals surface area contributed by atoms with Gasteiger partial charge in [-0.1, -0.05) is 0 Å². The minimum absolute atomic E-state index is 0.0119. The van der Waals surface area contributed by atoms with Crippen molar-refractivity contribution >= 4 is 5.82 Å². The van der Waals surface area contributed by atoms with Gasteiger partial charge < -0.3 is 15.3 Å². The number of rotatable bonds is 3. The summed E-state index contributed by atoms with van der Waals surface area (Å²) in [5.41, 5.74) is 1.90. The van der Waals surface area contributed by atoms with Crippen LogP contribution in [0.25, 0.3) is 0 Å². The summed E-state index contributed by atoms with van der Waals surface area (Å²) in [6.07, 6.45) is 0. The van der Waals surface area contributed by atoms with Gasteiger partial charge in [0.2, 0.25) is 0 Å². The number of aromatic nitrogens is 1. The molecule has 15 heavy (non-hydrogen) atoms. The Labute approximate surface area is 89.9 Å². The van der Waals surface area contributed by atoms with Crippen LogP contribution in [0.1, 0.15) is 11.3 Å². The molecule has 4 nitrogen and oxygen atoms in total. The summed E-state index contributed by atoms with van der Waals surface area (Å²) >= 11 is 0. The van der Waals surface area contributed by atoms with Gasteiger partial charge in [0.1, 0.15) is 5.82 Å². The number of aliphatic hydroxyl groups excluding tert-OH is 1. The van der Waals surface area contributed by atoms with Crippen LogP contribution < -0.4 is 10.2 Å². The van der Waals surface area contributed by atoms with E-state index in [1.165, 1.54) is 0 Å². The predicted molar refractivity (Wildman–Crippen MR) is 60.0 cm³/mol. The predicted octanol–water partition coefficient (Wildman–Crippen LogP) is 0.290. The Morgan fingerprint density at radius 3 is 2.87 bits per heavy atom. The third-order valence-electron chi connectivity index (χ3n) is 2.78. The van der Waals surface area contributed by atoms with E-state index < -0.39 is 0 Å². The standard InChI is InChI=1S/C11H17N3O/c1-8-3-9(7-15)13-11(4-8)14-5-10(6-14)12-2/h3-4,10,12,15H,5-7H2,1-2H3. The molecule has 0 radical (unpaired) electrons. The lowest BCUT2D eigenvalue weighted by Crippen LogP contribution is -2.57. The van der Waals surface area contributed by atoms with Crippen LogP contribution in [-0.2, 0) is 6.61 Å². The second-order valence-corrected chi connectivity index (χ2v) is 4.04. The van der Waals surface area contributed by atoms with Crippen LogP contribution in [0.15, 0.2) is 12.1 Å². The first-order valence-electron chi connectivity index (χ1n) is 5.23. The van der Waals surface area contributed by atoms with Crippen molar-refractivity contribution < 1.29 is 5.11 Å². The zero-order chi connectivity index (χ0) is 10.8. The lowest BCUT2D eigenvalue weighted by molar-refractivity contribution is 0.276. The molecule has 0 aliphatic carbocycles. The first kappa shape index (κ1) is 10.4. The molecule has 2 heterocycles. The first-order chi connectivity index (χ1) is 7.22. The van der Waals surface area contributed by atoms with E-state index >= 15 is 0 Å². The van der Waals surface area contributed by atoms with Gasteiger partial charge in [0, 0.05) is 19.1 Å². The molecule has 0 aromatic carbocycles. The van der Waals surface area contributed by atoms with Gasteiger partial charge >= 0.3 is 0 Å². The smallest absolute Gasteiger partial charge is 0.129 e. The Morgan fingerprint density at radius 2 is 2.27 bits per heavy atom. The largest absolute Gasteiger partial charge is 0.390 e. The third-order valence-corrected chi connectivity index (χ3v) is 2.78. The number of pyridine rings is 1. The summed E-state index contributed by atoms with van der Waals surface area (Å²) in [7, 11) is 1.98. The minimum atomic E-state index is 0.0119. The maximum atomic E-state index is 9.06. The fraction of sp³-hybridized carbons (Fsp3) is 0.545. The third kappa shape index (κ3) is 2.11. The number of likely N-dealkylation sites (N-methyl/N-ethyl adjacent to an activating group) is 1. The van der Waals surface area contributed by atoms with Crippen molar-refractivity contribution in [3.05, 3.63) is 23.4 Å². The Bertz CT molecular complexity index is 348. The molecule has 0 bridgehead atoms. The number of hydrogen-bond donors (Lipinski definition) is 2. The lowest BCUT2D eigenvalue weighted by Gasteiger charge is -2.40. The molecule has 82 valence electrons. The summed E-state index contributed by atoms with van der Waals surface area (Å²) in [5, 5.41) is 12.3. The lowest BCUT2D eigenvalue weighted by atomic mass is 10.1. The maximum Gasteiger partial charge on any atom is 0.129 e. The van der Waals surface area contributed by atoms with Crippen molar-refractivity contribution in [1.82, 2.24) is 10.3 Å². The van der Waals surface area contributed by atoms with E-state index in [2.05, 4.69) is 21.3 Å². The van der Waals surface area contributed by atoms with Crippen molar-refractivity contribution in [3.8, 4) is 0 Å². The molecule has 1 aliphatic heterocycles. The number of aliphatic hydroxyl groups is 1. The van der Waals surface area contributed by atoms with E-state index in [0.29, 0.717) is 6.04 Å². The molecule has 4 heteroatoms. The average molecular weight is 207 g/mol. The van der Waals surface area contributed by atoms with Crippen LogP contribution in [0.3, 0.4) is 0 Å². The van der Waals surface area contributed by atoms with E-state index in [4.69, 9.17) is 5.11 Å². The monoisotopic (exact) mass is 207 g/mol. The van der Waals surface area contributed by atoms with E-state index in [1.54, 1.807) is 0 Å². The van der Waals surface area contributed by atoms with Gasteiger partial charge in [-0.15, -0.1) is 0 Å². The second kappa shape index (κ2) is 4.16. The van der Waals surface area contributed by atoms with Crippen LogP contribution in [-0.4, -0.2) is 36.3 Å². The number of anilines is 1. The molecule has 1 saturated heterocycles. The van der Waals surface area contributed by atoms with Crippen molar-refractivity contribution in [2.75, 3.05) is 25.0 Å². The summed E-state index contributed by atoms with van der Waals surface area (Å²) < 4.78 is 0. The molecule has 2 N–H and O–H groups in total.